The zero-order valence-corrected chi connectivity index (χ0v) is 12.2. The highest BCUT2D eigenvalue weighted by Crippen LogP contribution is 2.33. The molecule has 2 heterocycles. The van der Waals surface area contributed by atoms with Gasteiger partial charge in [0.2, 0.25) is 0 Å². The van der Waals surface area contributed by atoms with E-state index in [0.717, 1.165) is 19.5 Å². The summed E-state index contributed by atoms with van der Waals surface area (Å²) in [6, 6.07) is 7.43. The standard InChI is InChI=1S/C15H18FN3S/c1-10-6-12(11-2-4-13(16)5-3-11)8-19(10)9-14-7-18-15(17)20-14/h2-5,7,10,12H,6,8-9H2,1H3,(H2,17,18). The molecular formula is C15H18FN3S. The van der Waals surface area contributed by atoms with Gasteiger partial charge in [-0.05, 0) is 37.0 Å². The largest absolute Gasteiger partial charge is 0.375 e. The third-order valence-electron chi connectivity index (χ3n) is 3.98. The van der Waals surface area contributed by atoms with Crippen LogP contribution in [0.4, 0.5) is 9.52 Å². The fourth-order valence-electron chi connectivity index (χ4n) is 2.89. The van der Waals surface area contributed by atoms with Gasteiger partial charge in [0.05, 0.1) is 0 Å². The van der Waals surface area contributed by atoms with Crippen LogP contribution < -0.4 is 5.73 Å². The Morgan fingerprint density at radius 1 is 1.40 bits per heavy atom. The molecule has 0 spiro atoms. The third kappa shape index (κ3) is 2.83. The topological polar surface area (TPSA) is 42.2 Å². The molecule has 106 valence electrons. The number of benzene rings is 1. The number of nitrogen functional groups attached to an aromatic ring is 1. The van der Waals surface area contributed by atoms with E-state index in [4.69, 9.17) is 5.73 Å². The maximum absolute atomic E-state index is 13.0. The average Bonchev–Trinajstić information content (AvgIpc) is 2.98. The van der Waals surface area contributed by atoms with Gasteiger partial charge in [0, 0.05) is 30.2 Å². The Hall–Kier alpha value is -1.46. The number of nitrogens with two attached hydrogens (primary N) is 1. The van der Waals surface area contributed by atoms with E-state index in [-0.39, 0.29) is 5.82 Å². The maximum atomic E-state index is 13.0. The van der Waals surface area contributed by atoms with Crippen molar-refractivity contribution in [3.05, 3.63) is 46.7 Å². The van der Waals surface area contributed by atoms with Gasteiger partial charge in [-0.3, -0.25) is 4.90 Å². The molecule has 1 aromatic heterocycles. The van der Waals surface area contributed by atoms with Gasteiger partial charge in [-0.2, -0.15) is 0 Å². The molecule has 20 heavy (non-hydrogen) atoms. The molecule has 3 nitrogen and oxygen atoms in total. The van der Waals surface area contributed by atoms with Gasteiger partial charge in [0.25, 0.3) is 0 Å². The molecule has 1 saturated heterocycles. The van der Waals surface area contributed by atoms with Crippen molar-refractivity contribution in [3.63, 3.8) is 0 Å². The minimum Gasteiger partial charge on any atom is -0.375 e. The fraction of sp³-hybridized carbons (Fsp3) is 0.400. The van der Waals surface area contributed by atoms with Crippen molar-refractivity contribution in [2.75, 3.05) is 12.3 Å². The quantitative estimate of drug-likeness (QED) is 0.944. The van der Waals surface area contributed by atoms with E-state index in [0.29, 0.717) is 17.1 Å². The molecule has 1 aliphatic rings. The van der Waals surface area contributed by atoms with Gasteiger partial charge >= 0.3 is 0 Å². The molecule has 0 bridgehead atoms. The monoisotopic (exact) mass is 291 g/mol. The molecule has 3 rings (SSSR count). The summed E-state index contributed by atoms with van der Waals surface area (Å²) in [6.07, 6.45) is 2.97. The van der Waals surface area contributed by atoms with Crippen LogP contribution in [0.15, 0.2) is 30.5 Å². The molecule has 0 radical (unpaired) electrons. The van der Waals surface area contributed by atoms with Crippen LogP contribution >= 0.6 is 11.3 Å². The lowest BCUT2D eigenvalue weighted by molar-refractivity contribution is 0.261. The van der Waals surface area contributed by atoms with Crippen molar-refractivity contribution in [1.29, 1.82) is 0 Å². The van der Waals surface area contributed by atoms with Crippen LogP contribution in [-0.2, 0) is 6.54 Å². The molecule has 0 amide bonds. The van der Waals surface area contributed by atoms with E-state index in [1.807, 2.05) is 18.3 Å². The molecular weight excluding hydrogens is 273 g/mol. The number of rotatable bonds is 3. The molecule has 2 N–H and O–H groups in total. The van der Waals surface area contributed by atoms with E-state index in [1.165, 1.54) is 10.4 Å². The molecule has 0 aliphatic carbocycles. The summed E-state index contributed by atoms with van der Waals surface area (Å²) in [7, 11) is 0. The van der Waals surface area contributed by atoms with E-state index in [9.17, 15) is 4.39 Å². The number of likely N-dealkylation sites (tertiary alicyclic amines) is 1. The lowest BCUT2D eigenvalue weighted by Gasteiger charge is -2.19. The summed E-state index contributed by atoms with van der Waals surface area (Å²) in [4.78, 5) is 7.75. The Bertz CT molecular complexity index is 581. The number of aromatic nitrogens is 1. The van der Waals surface area contributed by atoms with Gasteiger partial charge in [-0.1, -0.05) is 12.1 Å². The molecule has 5 heteroatoms. The summed E-state index contributed by atoms with van der Waals surface area (Å²) in [6.45, 7) is 4.15. The molecule has 1 aliphatic heterocycles. The smallest absolute Gasteiger partial charge is 0.180 e. The molecule has 0 saturated carbocycles. The van der Waals surface area contributed by atoms with E-state index in [2.05, 4.69) is 16.8 Å². The Morgan fingerprint density at radius 2 is 2.15 bits per heavy atom. The summed E-state index contributed by atoms with van der Waals surface area (Å²) in [5.41, 5.74) is 6.90. The fourth-order valence-corrected chi connectivity index (χ4v) is 3.60. The van der Waals surface area contributed by atoms with Gasteiger partial charge in [0.1, 0.15) is 5.82 Å². The van der Waals surface area contributed by atoms with Gasteiger partial charge in [-0.25, -0.2) is 9.37 Å². The number of hydrogen-bond acceptors (Lipinski definition) is 4. The highest BCUT2D eigenvalue weighted by atomic mass is 32.1. The molecule has 1 aromatic carbocycles. The molecule has 2 aromatic rings. The summed E-state index contributed by atoms with van der Waals surface area (Å²) in [5.74, 6) is 0.313. The normalized spacial score (nSPS) is 23.3. The predicted octanol–water partition coefficient (Wildman–Crippen LogP) is 3.24. The second kappa shape index (κ2) is 5.50. The van der Waals surface area contributed by atoms with Crippen molar-refractivity contribution in [2.24, 2.45) is 0 Å². The van der Waals surface area contributed by atoms with E-state index < -0.39 is 0 Å². The van der Waals surface area contributed by atoms with Gasteiger partial charge < -0.3 is 5.73 Å². The highest BCUT2D eigenvalue weighted by molar-refractivity contribution is 7.15. The Kier molecular flexibility index (Phi) is 3.72. The summed E-state index contributed by atoms with van der Waals surface area (Å²) in [5, 5.41) is 0.627. The minimum atomic E-state index is -0.170. The average molecular weight is 291 g/mol. The third-order valence-corrected chi connectivity index (χ3v) is 4.79. The summed E-state index contributed by atoms with van der Waals surface area (Å²) >= 11 is 1.55. The molecule has 2 unspecified atom stereocenters. The van der Waals surface area contributed by atoms with Gasteiger partial charge in [0.15, 0.2) is 5.13 Å². The van der Waals surface area contributed by atoms with Crippen molar-refractivity contribution < 1.29 is 4.39 Å². The number of halogens is 1. The molecule has 2 atom stereocenters. The Morgan fingerprint density at radius 3 is 2.80 bits per heavy atom. The first-order valence-electron chi connectivity index (χ1n) is 6.81. The van der Waals surface area contributed by atoms with Crippen molar-refractivity contribution in [1.82, 2.24) is 9.88 Å². The van der Waals surface area contributed by atoms with Crippen LogP contribution in [0.5, 0.6) is 0 Å². The minimum absolute atomic E-state index is 0.170. The Labute approximate surface area is 122 Å². The number of anilines is 1. The predicted molar refractivity (Wildman–Crippen MR) is 80.2 cm³/mol. The number of nitrogens with zero attached hydrogens (tertiary/aromatic N) is 2. The number of hydrogen-bond donors (Lipinski definition) is 1. The first-order chi connectivity index (χ1) is 9.61. The van der Waals surface area contributed by atoms with Crippen molar-refractivity contribution >= 4 is 16.5 Å². The molecule has 1 fully saturated rings. The second-order valence-corrected chi connectivity index (χ2v) is 6.57. The maximum Gasteiger partial charge on any atom is 0.180 e. The zero-order valence-electron chi connectivity index (χ0n) is 11.4. The zero-order chi connectivity index (χ0) is 14.1. The van der Waals surface area contributed by atoms with Crippen LogP contribution in [0.25, 0.3) is 0 Å². The van der Waals surface area contributed by atoms with Crippen LogP contribution in [0.1, 0.15) is 29.7 Å². The summed E-state index contributed by atoms with van der Waals surface area (Å²) < 4.78 is 13.0. The second-order valence-electron chi connectivity index (χ2n) is 5.43. The lowest BCUT2D eigenvalue weighted by Crippen LogP contribution is -2.26. The van der Waals surface area contributed by atoms with E-state index in [1.54, 1.807) is 23.5 Å². The lowest BCUT2D eigenvalue weighted by atomic mass is 9.97. The first-order valence-corrected chi connectivity index (χ1v) is 7.63. The number of thiazole rings is 1. The van der Waals surface area contributed by atoms with Gasteiger partial charge in [-0.15, -0.1) is 11.3 Å². The van der Waals surface area contributed by atoms with Crippen molar-refractivity contribution in [3.8, 4) is 0 Å². The van der Waals surface area contributed by atoms with Crippen LogP contribution in [0.3, 0.4) is 0 Å². The SMILES string of the molecule is CC1CC(c2ccc(F)cc2)CN1Cc1cnc(N)s1. The highest BCUT2D eigenvalue weighted by Gasteiger charge is 2.30. The first kappa shape index (κ1) is 13.5. The van der Waals surface area contributed by atoms with Crippen LogP contribution in [0.2, 0.25) is 0 Å². The van der Waals surface area contributed by atoms with Crippen LogP contribution in [-0.4, -0.2) is 22.5 Å². The van der Waals surface area contributed by atoms with Crippen molar-refractivity contribution in [2.45, 2.75) is 31.8 Å². The Balaban J connectivity index is 1.68. The van der Waals surface area contributed by atoms with E-state index >= 15 is 0 Å². The van der Waals surface area contributed by atoms with Crippen LogP contribution in [0, 0.1) is 5.82 Å².